The molecule has 1 aliphatic carbocycles. The van der Waals surface area contributed by atoms with Gasteiger partial charge in [-0.05, 0) is 38.1 Å². The number of alkyl halides is 1. The summed E-state index contributed by atoms with van der Waals surface area (Å²) in [5.41, 5.74) is 0. The molecule has 5 heteroatoms. The van der Waals surface area contributed by atoms with Crippen molar-refractivity contribution in [2.24, 2.45) is 5.92 Å². The zero-order valence-electron chi connectivity index (χ0n) is 10.6. The molecule has 2 unspecified atom stereocenters. The average Bonchev–Trinajstić information content (AvgIpc) is 2.24. The fraction of sp³-hybridized carbons (Fsp3) is 1.00. The SMILES string of the molecule is CCCS(=O)(=O)CCNCC1CCCC(Cl)C1. The fourth-order valence-electron chi connectivity index (χ4n) is 2.36. The van der Waals surface area contributed by atoms with Crippen molar-refractivity contribution >= 4 is 21.4 Å². The van der Waals surface area contributed by atoms with Gasteiger partial charge in [0.1, 0.15) is 0 Å². The zero-order chi connectivity index (χ0) is 12.7. The van der Waals surface area contributed by atoms with Gasteiger partial charge in [0, 0.05) is 17.7 Å². The predicted octanol–water partition coefficient (Wildman–Crippen LogP) is 2.20. The highest BCUT2D eigenvalue weighted by Gasteiger charge is 2.19. The van der Waals surface area contributed by atoms with Gasteiger partial charge in [-0.3, -0.25) is 0 Å². The molecule has 0 heterocycles. The van der Waals surface area contributed by atoms with E-state index in [4.69, 9.17) is 11.6 Å². The van der Waals surface area contributed by atoms with E-state index < -0.39 is 9.84 Å². The molecule has 0 aromatic heterocycles. The molecule has 3 nitrogen and oxygen atoms in total. The number of halogens is 1. The Balaban J connectivity index is 2.11. The van der Waals surface area contributed by atoms with Gasteiger partial charge in [-0.15, -0.1) is 11.6 Å². The predicted molar refractivity (Wildman–Crippen MR) is 73.4 cm³/mol. The maximum Gasteiger partial charge on any atom is 0.151 e. The molecule has 1 aliphatic rings. The molecule has 1 fully saturated rings. The third-order valence-electron chi connectivity index (χ3n) is 3.26. The van der Waals surface area contributed by atoms with Crippen LogP contribution >= 0.6 is 11.6 Å². The molecule has 0 bridgehead atoms. The van der Waals surface area contributed by atoms with E-state index in [9.17, 15) is 8.42 Å². The van der Waals surface area contributed by atoms with E-state index in [0.29, 0.717) is 30.0 Å². The van der Waals surface area contributed by atoms with Crippen LogP contribution in [0.15, 0.2) is 0 Å². The van der Waals surface area contributed by atoms with Gasteiger partial charge < -0.3 is 5.32 Å². The first-order valence-corrected chi connectivity index (χ1v) is 8.84. The van der Waals surface area contributed by atoms with Crippen molar-refractivity contribution in [1.82, 2.24) is 5.32 Å². The third-order valence-corrected chi connectivity index (χ3v) is 5.51. The molecule has 0 aromatic rings. The molecular formula is C12H24ClNO2S. The second kappa shape index (κ2) is 7.59. The standard InChI is InChI=1S/C12H24ClNO2S/c1-2-7-17(15,16)8-6-14-10-11-4-3-5-12(13)9-11/h11-12,14H,2-10H2,1H3. The minimum Gasteiger partial charge on any atom is -0.315 e. The second-order valence-electron chi connectivity index (χ2n) is 4.99. The lowest BCUT2D eigenvalue weighted by molar-refractivity contribution is 0.349. The number of hydrogen-bond acceptors (Lipinski definition) is 3. The van der Waals surface area contributed by atoms with Gasteiger partial charge in [0.2, 0.25) is 0 Å². The summed E-state index contributed by atoms with van der Waals surface area (Å²) >= 11 is 6.11. The van der Waals surface area contributed by atoms with E-state index in [1.54, 1.807) is 0 Å². The minimum atomic E-state index is -2.83. The Hall–Kier alpha value is 0.200. The maximum absolute atomic E-state index is 11.5. The largest absolute Gasteiger partial charge is 0.315 e. The first-order chi connectivity index (χ1) is 8.03. The van der Waals surface area contributed by atoms with Crippen LogP contribution in [0.4, 0.5) is 0 Å². The summed E-state index contributed by atoms with van der Waals surface area (Å²) in [4.78, 5) is 0. The number of rotatable bonds is 7. The van der Waals surface area contributed by atoms with Crippen LogP contribution in [0.1, 0.15) is 39.0 Å². The van der Waals surface area contributed by atoms with Crippen molar-refractivity contribution in [2.45, 2.75) is 44.4 Å². The fourth-order valence-corrected chi connectivity index (χ4v) is 4.05. The molecule has 0 aliphatic heterocycles. The Kier molecular flexibility index (Phi) is 6.82. The van der Waals surface area contributed by atoms with E-state index in [1.165, 1.54) is 12.8 Å². The van der Waals surface area contributed by atoms with Crippen LogP contribution in [0, 0.1) is 5.92 Å². The van der Waals surface area contributed by atoms with Crippen molar-refractivity contribution in [3.05, 3.63) is 0 Å². The molecule has 0 amide bonds. The summed E-state index contributed by atoms with van der Waals surface area (Å²) in [7, 11) is -2.83. The Labute approximate surface area is 110 Å². The summed E-state index contributed by atoms with van der Waals surface area (Å²) in [6.07, 6.45) is 5.32. The van der Waals surface area contributed by atoms with Crippen molar-refractivity contribution in [3.63, 3.8) is 0 Å². The molecule has 0 saturated heterocycles. The van der Waals surface area contributed by atoms with Crippen molar-refractivity contribution in [2.75, 3.05) is 24.6 Å². The lowest BCUT2D eigenvalue weighted by Gasteiger charge is -2.25. The van der Waals surface area contributed by atoms with E-state index in [0.717, 1.165) is 19.4 Å². The molecule has 0 aromatic carbocycles. The Bertz CT molecular complexity index is 306. The highest BCUT2D eigenvalue weighted by molar-refractivity contribution is 7.91. The normalized spacial score (nSPS) is 26.0. The monoisotopic (exact) mass is 281 g/mol. The van der Waals surface area contributed by atoms with Gasteiger partial charge in [-0.25, -0.2) is 8.42 Å². The first kappa shape index (κ1) is 15.3. The van der Waals surface area contributed by atoms with Gasteiger partial charge in [-0.1, -0.05) is 13.3 Å². The van der Waals surface area contributed by atoms with Gasteiger partial charge in [-0.2, -0.15) is 0 Å². The third kappa shape index (κ3) is 6.63. The summed E-state index contributed by atoms with van der Waals surface area (Å²) in [6, 6.07) is 0. The van der Waals surface area contributed by atoms with E-state index in [2.05, 4.69) is 5.32 Å². The van der Waals surface area contributed by atoms with Crippen LogP contribution < -0.4 is 5.32 Å². The number of hydrogen-bond donors (Lipinski definition) is 1. The van der Waals surface area contributed by atoms with Crippen molar-refractivity contribution in [3.8, 4) is 0 Å². The van der Waals surface area contributed by atoms with Crippen LogP contribution in [0.3, 0.4) is 0 Å². The number of nitrogens with one attached hydrogen (secondary N) is 1. The molecule has 1 saturated carbocycles. The summed E-state index contributed by atoms with van der Waals surface area (Å²) in [5.74, 6) is 1.19. The summed E-state index contributed by atoms with van der Waals surface area (Å²) in [5, 5.41) is 3.57. The molecule has 0 radical (unpaired) electrons. The quantitative estimate of drug-likeness (QED) is 0.575. The van der Waals surface area contributed by atoms with Gasteiger partial charge in [0.25, 0.3) is 0 Å². The topological polar surface area (TPSA) is 46.2 Å². The minimum absolute atomic E-state index is 0.262. The van der Waals surface area contributed by atoms with Crippen LogP contribution in [0.25, 0.3) is 0 Å². The molecule has 102 valence electrons. The zero-order valence-corrected chi connectivity index (χ0v) is 12.2. The molecule has 2 atom stereocenters. The summed E-state index contributed by atoms with van der Waals surface area (Å²) < 4.78 is 22.9. The molecule has 0 spiro atoms. The van der Waals surface area contributed by atoms with Gasteiger partial charge in [0.15, 0.2) is 9.84 Å². The lowest BCUT2D eigenvalue weighted by atomic mass is 9.89. The van der Waals surface area contributed by atoms with Crippen molar-refractivity contribution in [1.29, 1.82) is 0 Å². The Morgan fingerprint density at radius 1 is 1.29 bits per heavy atom. The van der Waals surface area contributed by atoms with Gasteiger partial charge in [0.05, 0.1) is 5.75 Å². The molecule has 17 heavy (non-hydrogen) atoms. The van der Waals surface area contributed by atoms with E-state index in [1.807, 2.05) is 6.92 Å². The van der Waals surface area contributed by atoms with Crippen LogP contribution in [-0.2, 0) is 9.84 Å². The average molecular weight is 282 g/mol. The summed E-state index contributed by atoms with van der Waals surface area (Å²) in [6.45, 7) is 3.38. The highest BCUT2D eigenvalue weighted by Crippen LogP contribution is 2.27. The molecular weight excluding hydrogens is 258 g/mol. The van der Waals surface area contributed by atoms with Crippen LogP contribution in [0.2, 0.25) is 0 Å². The molecule has 1 N–H and O–H groups in total. The lowest BCUT2D eigenvalue weighted by Crippen LogP contribution is -2.31. The first-order valence-electron chi connectivity index (χ1n) is 6.58. The van der Waals surface area contributed by atoms with Crippen molar-refractivity contribution < 1.29 is 8.42 Å². The second-order valence-corrected chi connectivity index (χ2v) is 7.91. The highest BCUT2D eigenvalue weighted by atomic mass is 35.5. The Morgan fingerprint density at radius 2 is 2.06 bits per heavy atom. The van der Waals surface area contributed by atoms with Crippen LogP contribution in [-0.4, -0.2) is 38.4 Å². The Morgan fingerprint density at radius 3 is 2.71 bits per heavy atom. The van der Waals surface area contributed by atoms with E-state index >= 15 is 0 Å². The van der Waals surface area contributed by atoms with Crippen LogP contribution in [0.5, 0.6) is 0 Å². The number of sulfone groups is 1. The molecule has 1 rings (SSSR count). The smallest absolute Gasteiger partial charge is 0.151 e. The maximum atomic E-state index is 11.5. The van der Waals surface area contributed by atoms with Gasteiger partial charge >= 0.3 is 0 Å². The van der Waals surface area contributed by atoms with E-state index in [-0.39, 0.29) is 5.75 Å².